The standard InChI is InChI=1S/C15H15NO3/c1-3-4-13(16-14(17)9-10-15(16)18)11-5-7-12(19-2)8-6-11/h1,5-10,13,17-18H,4H2,2H3. The number of ether oxygens (including phenoxy) is 1. The van der Waals surface area contributed by atoms with Crippen LogP contribution in [-0.4, -0.2) is 21.9 Å². The molecule has 0 radical (unpaired) electrons. The van der Waals surface area contributed by atoms with Crippen molar-refractivity contribution >= 4 is 0 Å². The van der Waals surface area contributed by atoms with E-state index in [9.17, 15) is 10.2 Å². The van der Waals surface area contributed by atoms with E-state index >= 15 is 0 Å². The highest BCUT2D eigenvalue weighted by Gasteiger charge is 2.18. The van der Waals surface area contributed by atoms with Crippen molar-refractivity contribution in [1.82, 2.24) is 4.57 Å². The van der Waals surface area contributed by atoms with Gasteiger partial charge in [0.05, 0.1) is 13.2 Å². The predicted molar refractivity (Wildman–Crippen MR) is 72.3 cm³/mol. The van der Waals surface area contributed by atoms with Gasteiger partial charge in [-0.05, 0) is 17.7 Å². The first-order valence-corrected chi connectivity index (χ1v) is 5.84. The van der Waals surface area contributed by atoms with Gasteiger partial charge in [-0.3, -0.25) is 4.57 Å². The number of aromatic nitrogens is 1. The van der Waals surface area contributed by atoms with E-state index in [1.807, 2.05) is 24.3 Å². The minimum Gasteiger partial charge on any atom is -0.497 e. The summed E-state index contributed by atoms with van der Waals surface area (Å²) >= 11 is 0. The van der Waals surface area contributed by atoms with E-state index in [0.717, 1.165) is 11.3 Å². The van der Waals surface area contributed by atoms with E-state index in [2.05, 4.69) is 5.92 Å². The Balaban J connectivity index is 2.43. The summed E-state index contributed by atoms with van der Waals surface area (Å²) in [6.07, 6.45) is 5.74. The zero-order valence-corrected chi connectivity index (χ0v) is 10.6. The fraction of sp³-hybridized carbons (Fsp3) is 0.200. The van der Waals surface area contributed by atoms with Gasteiger partial charge in [-0.15, -0.1) is 12.3 Å². The highest BCUT2D eigenvalue weighted by molar-refractivity contribution is 5.34. The molecule has 2 N–H and O–H groups in total. The minimum absolute atomic E-state index is 0.0198. The molecule has 1 heterocycles. The normalized spacial score (nSPS) is 11.8. The van der Waals surface area contributed by atoms with Crippen LogP contribution in [-0.2, 0) is 0 Å². The fourth-order valence-corrected chi connectivity index (χ4v) is 2.04. The third kappa shape index (κ3) is 2.50. The van der Waals surface area contributed by atoms with Gasteiger partial charge in [-0.2, -0.15) is 0 Å². The smallest absolute Gasteiger partial charge is 0.194 e. The van der Waals surface area contributed by atoms with E-state index in [-0.39, 0.29) is 17.8 Å². The van der Waals surface area contributed by atoms with Crippen molar-refractivity contribution < 1.29 is 14.9 Å². The molecule has 0 aliphatic heterocycles. The molecule has 0 aliphatic carbocycles. The molecule has 4 heteroatoms. The van der Waals surface area contributed by atoms with Gasteiger partial charge in [-0.1, -0.05) is 12.1 Å². The summed E-state index contributed by atoms with van der Waals surface area (Å²) in [5.74, 6) is 3.26. The Hall–Kier alpha value is -2.54. The van der Waals surface area contributed by atoms with Crippen LogP contribution in [0.25, 0.3) is 0 Å². The highest BCUT2D eigenvalue weighted by Crippen LogP contribution is 2.33. The first kappa shape index (κ1) is 12.9. The molecule has 0 saturated carbocycles. The summed E-state index contributed by atoms with van der Waals surface area (Å²) < 4.78 is 6.51. The molecule has 1 unspecified atom stereocenters. The van der Waals surface area contributed by atoms with Crippen molar-refractivity contribution in [2.24, 2.45) is 0 Å². The maximum Gasteiger partial charge on any atom is 0.194 e. The van der Waals surface area contributed by atoms with Crippen molar-refractivity contribution in [3.63, 3.8) is 0 Å². The van der Waals surface area contributed by atoms with Crippen LogP contribution in [0, 0.1) is 12.3 Å². The Morgan fingerprint density at radius 2 is 1.74 bits per heavy atom. The van der Waals surface area contributed by atoms with E-state index in [1.165, 1.54) is 16.7 Å². The van der Waals surface area contributed by atoms with Crippen LogP contribution in [0.3, 0.4) is 0 Å². The first-order valence-electron chi connectivity index (χ1n) is 5.84. The van der Waals surface area contributed by atoms with Gasteiger partial charge in [-0.25, -0.2) is 0 Å². The molecule has 1 atom stereocenters. The zero-order chi connectivity index (χ0) is 13.8. The fourth-order valence-electron chi connectivity index (χ4n) is 2.04. The molecule has 0 saturated heterocycles. The van der Waals surface area contributed by atoms with Gasteiger partial charge in [0.2, 0.25) is 0 Å². The zero-order valence-electron chi connectivity index (χ0n) is 10.6. The van der Waals surface area contributed by atoms with Crippen LogP contribution in [0.4, 0.5) is 0 Å². The second kappa shape index (κ2) is 5.40. The summed E-state index contributed by atoms with van der Waals surface area (Å²) in [5.41, 5.74) is 0.889. The predicted octanol–water partition coefficient (Wildman–Crippen LogP) is 2.52. The average molecular weight is 257 g/mol. The number of nitrogens with zero attached hydrogens (tertiary/aromatic N) is 1. The Labute approximate surface area is 111 Å². The largest absolute Gasteiger partial charge is 0.497 e. The average Bonchev–Trinajstić information content (AvgIpc) is 2.76. The molecule has 1 aromatic heterocycles. The number of benzene rings is 1. The Bertz CT molecular complexity index is 573. The second-order valence-electron chi connectivity index (χ2n) is 4.12. The van der Waals surface area contributed by atoms with Crippen molar-refractivity contribution in [3.05, 3.63) is 42.0 Å². The Morgan fingerprint density at radius 1 is 1.16 bits per heavy atom. The van der Waals surface area contributed by atoms with E-state index in [4.69, 9.17) is 11.2 Å². The van der Waals surface area contributed by atoms with Crippen LogP contribution in [0.15, 0.2) is 36.4 Å². The number of methoxy groups -OCH3 is 1. The lowest BCUT2D eigenvalue weighted by Gasteiger charge is -2.19. The van der Waals surface area contributed by atoms with Crippen LogP contribution in [0.5, 0.6) is 17.5 Å². The summed E-state index contributed by atoms with van der Waals surface area (Å²) in [7, 11) is 1.59. The topological polar surface area (TPSA) is 54.6 Å². The molecule has 0 fully saturated rings. The maximum absolute atomic E-state index is 9.80. The van der Waals surface area contributed by atoms with Crippen LogP contribution < -0.4 is 4.74 Å². The van der Waals surface area contributed by atoms with E-state index in [0.29, 0.717) is 6.42 Å². The van der Waals surface area contributed by atoms with Gasteiger partial charge >= 0.3 is 0 Å². The van der Waals surface area contributed by atoms with Crippen LogP contribution in [0.1, 0.15) is 18.0 Å². The molecule has 4 nitrogen and oxygen atoms in total. The molecule has 98 valence electrons. The van der Waals surface area contributed by atoms with Gasteiger partial charge in [0, 0.05) is 18.6 Å². The number of rotatable bonds is 4. The van der Waals surface area contributed by atoms with Crippen molar-refractivity contribution in [2.75, 3.05) is 7.11 Å². The van der Waals surface area contributed by atoms with Crippen LogP contribution in [0.2, 0.25) is 0 Å². The number of hydrogen-bond acceptors (Lipinski definition) is 3. The lowest BCUT2D eigenvalue weighted by Crippen LogP contribution is -2.09. The molecule has 2 aromatic rings. The molecule has 0 bridgehead atoms. The molecule has 19 heavy (non-hydrogen) atoms. The molecule has 0 aliphatic rings. The monoisotopic (exact) mass is 257 g/mol. The van der Waals surface area contributed by atoms with Gasteiger partial charge < -0.3 is 14.9 Å². The van der Waals surface area contributed by atoms with E-state index < -0.39 is 0 Å². The summed E-state index contributed by atoms with van der Waals surface area (Å²) in [6.45, 7) is 0. The lowest BCUT2D eigenvalue weighted by atomic mass is 10.0. The molecule has 2 rings (SSSR count). The molecule has 0 amide bonds. The summed E-state index contributed by atoms with van der Waals surface area (Å²) in [5, 5.41) is 19.6. The summed E-state index contributed by atoms with van der Waals surface area (Å²) in [6, 6.07) is 9.91. The Morgan fingerprint density at radius 3 is 2.21 bits per heavy atom. The highest BCUT2D eigenvalue weighted by atomic mass is 16.5. The first-order chi connectivity index (χ1) is 9.17. The third-order valence-corrected chi connectivity index (χ3v) is 3.00. The van der Waals surface area contributed by atoms with Crippen molar-refractivity contribution in [2.45, 2.75) is 12.5 Å². The maximum atomic E-state index is 9.80. The molecule has 1 aromatic carbocycles. The number of terminal acetylenes is 1. The number of aromatic hydroxyl groups is 2. The van der Waals surface area contributed by atoms with E-state index in [1.54, 1.807) is 7.11 Å². The SMILES string of the molecule is C#CCC(c1ccc(OC)cc1)n1c(O)ccc1O. The second-order valence-corrected chi connectivity index (χ2v) is 4.12. The lowest BCUT2D eigenvalue weighted by molar-refractivity contribution is 0.351. The summed E-state index contributed by atoms with van der Waals surface area (Å²) in [4.78, 5) is 0. The van der Waals surface area contributed by atoms with Gasteiger partial charge in [0.1, 0.15) is 5.75 Å². The van der Waals surface area contributed by atoms with Gasteiger partial charge in [0.25, 0.3) is 0 Å². The molecular weight excluding hydrogens is 242 g/mol. The quantitative estimate of drug-likeness (QED) is 0.827. The number of hydrogen-bond donors (Lipinski definition) is 2. The van der Waals surface area contributed by atoms with Crippen molar-refractivity contribution in [3.8, 4) is 29.9 Å². The van der Waals surface area contributed by atoms with Crippen LogP contribution >= 0.6 is 0 Å². The molecular formula is C15H15NO3. The molecule has 0 spiro atoms. The third-order valence-electron chi connectivity index (χ3n) is 3.00. The Kier molecular flexibility index (Phi) is 3.67. The minimum atomic E-state index is -0.314. The van der Waals surface area contributed by atoms with Gasteiger partial charge in [0.15, 0.2) is 11.8 Å². The van der Waals surface area contributed by atoms with Crippen molar-refractivity contribution in [1.29, 1.82) is 0 Å².